The van der Waals surface area contributed by atoms with E-state index in [0.717, 1.165) is 24.4 Å². The first-order valence-electron chi connectivity index (χ1n) is 5.57. The normalized spacial score (nSPS) is 11.3. The quantitative estimate of drug-likeness (QED) is 0.668. The number of hydrogen-bond acceptors (Lipinski definition) is 2. The summed E-state index contributed by atoms with van der Waals surface area (Å²) < 4.78 is 51.4. The van der Waals surface area contributed by atoms with Gasteiger partial charge in [0.05, 0.1) is 23.0 Å². The van der Waals surface area contributed by atoms with Crippen molar-refractivity contribution in [2.24, 2.45) is 0 Å². The monoisotopic (exact) mass is 318 g/mol. The van der Waals surface area contributed by atoms with Crippen molar-refractivity contribution >= 4 is 23.2 Å². The second-order valence-electron chi connectivity index (χ2n) is 3.99. The molecular weight excluding hydrogens is 312 g/mol. The van der Waals surface area contributed by atoms with E-state index < -0.39 is 29.2 Å². The van der Waals surface area contributed by atoms with Gasteiger partial charge in [0.2, 0.25) is 0 Å². The number of nitrogens with one attached hydrogen (secondary N) is 1. The van der Waals surface area contributed by atoms with Crippen molar-refractivity contribution < 1.29 is 22.4 Å². The molecule has 0 atom stereocenters. The fourth-order valence-electron chi connectivity index (χ4n) is 1.61. The SMILES string of the molecule is O=C(Nc1ccccc1C(F)(F)F)c1cc(F)cnc1Cl. The first-order chi connectivity index (χ1) is 9.79. The van der Waals surface area contributed by atoms with Gasteiger partial charge in [0.25, 0.3) is 5.91 Å². The number of rotatable bonds is 2. The summed E-state index contributed by atoms with van der Waals surface area (Å²) >= 11 is 5.63. The highest BCUT2D eigenvalue weighted by molar-refractivity contribution is 6.33. The van der Waals surface area contributed by atoms with Crippen LogP contribution in [0.5, 0.6) is 0 Å². The Labute approximate surface area is 121 Å². The lowest BCUT2D eigenvalue weighted by Crippen LogP contribution is -2.17. The van der Waals surface area contributed by atoms with E-state index >= 15 is 0 Å². The average molecular weight is 319 g/mol. The Kier molecular flexibility index (Phi) is 4.13. The van der Waals surface area contributed by atoms with Gasteiger partial charge in [0.1, 0.15) is 11.0 Å². The molecule has 0 radical (unpaired) electrons. The van der Waals surface area contributed by atoms with Gasteiger partial charge in [-0.1, -0.05) is 23.7 Å². The van der Waals surface area contributed by atoms with Crippen molar-refractivity contribution in [1.82, 2.24) is 4.98 Å². The molecule has 2 aromatic rings. The Morgan fingerprint density at radius 3 is 2.57 bits per heavy atom. The average Bonchev–Trinajstić information content (AvgIpc) is 2.41. The standard InChI is InChI=1S/C13H7ClF4N2O/c14-11-8(5-7(15)6-19-11)12(21)20-10-4-2-1-3-9(10)13(16,17)18/h1-6H,(H,20,21). The number of pyridine rings is 1. The first-order valence-corrected chi connectivity index (χ1v) is 5.95. The highest BCUT2D eigenvalue weighted by Crippen LogP contribution is 2.34. The number of amides is 1. The summed E-state index contributed by atoms with van der Waals surface area (Å²) in [6, 6.07) is 5.22. The number of carbonyl (C=O) groups excluding carboxylic acids is 1. The molecule has 8 heteroatoms. The molecule has 1 aromatic heterocycles. The third-order valence-corrected chi connectivity index (χ3v) is 2.83. The lowest BCUT2D eigenvalue weighted by molar-refractivity contribution is -0.136. The molecule has 0 aliphatic heterocycles. The van der Waals surface area contributed by atoms with Crippen LogP contribution in [-0.4, -0.2) is 10.9 Å². The highest BCUT2D eigenvalue weighted by Gasteiger charge is 2.33. The second-order valence-corrected chi connectivity index (χ2v) is 4.35. The summed E-state index contributed by atoms with van der Waals surface area (Å²) in [6.45, 7) is 0. The van der Waals surface area contributed by atoms with Crippen molar-refractivity contribution in [1.29, 1.82) is 0 Å². The molecule has 0 aliphatic carbocycles. The molecule has 0 unspecified atom stereocenters. The van der Waals surface area contributed by atoms with Gasteiger partial charge in [0.15, 0.2) is 0 Å². The lowest BCUT2D eigenvalue weighted by Gasteiger charge is -2.13. The number of benzene rings is 1. The van der Waals surface area contributed by atoms with Crippen LogP contribution < -0.4 is 5.32 Å². The van der Waals surface area contributed by atoms with Crippen molar-refractivity contribution in [3.8, 4) is 0 Å². The number of para-hydroxylation sites is 1. The minimum absolute atomic E-state index is 0.307. The molecular formula is C13H7ClF4N2O. The molecule has 0 aliphatic rings. The second kappa shape index (κ2) is 5.69. The summed E-state index contributed by atoms with van der Waals surface area (Å²) in [7, 11) is 0. The van der Waals surface area contributed by atoms with Gasteiger partial charge >= 0.3 is 6.18 Å². The summed E-state index contributed by atoms with van der Waals surface area (Å²) in [4.78, 5) is 15.3. The van der Waals surface area contributed by atoms with Gasteiger partial charge < -0.3 is 5.32 Å². The minimum Gasteiger partial charge on any atom is -0.321 e. The van der Waals surface area contributed by atoms with Gasteiger partial charge in [-0.2, -0.15) is 13.2 Å². The molecule has 21 heavy (non-hydrogen) atoms. The number of halogens is 5. The Balaban J connectivity index is 2.35. The Hall–Kier alpha value is -2.15. The van der Waals surface area contributed by atoms with Crippen molar-refractivity contribution in [2.45, 2.75) is 6.18 Å². The van der Waals surface area contributed by atoms with Gasteiger partial charge in [-0.25, -0.2) is 9.37 Å². The predicted molar refractivity (Wildman–Crippen MR) is 68.6 cm³/mol. The number of alkyl halides is 3. The lowest BCUT2D eigenvalue weighted by atomic mass is 10.1. The van der Waals surface area contributed by atoms with Crippen molar-refractivity contribution in [3.63, 3.8) is 0 Å². The number of anilines is 1. The summed E-state index contributed by atoms with van der Waals surface area (Å²) in [5.74, 6) is -1.81. The van der Waals surface area contributed by atoms with Crippen LogP contribution in [0, 0.1) is 5.82 Å². The molecule has 2 rings (SSSR count). The number of aromatic nitrogens is 1. The highest BCUT2D eigenvalue weighted by atomic mass is 35.5. The molecule has 3 nitrogen and oxygen atoms in total. The molecule has 0 fully saturated rings. The zero-order valence-corrected chi connectivity index (χ0v) is 11.0. The van der Waals surface area contributed by atoms with Crippen molar-refractivity contribution in [3.05, 3.63) is 58.6 Å². The summed E-state index contributed by atoms with van der Waals surface area (Å²) in [5.41, 5.74) is -1.82. The van der Waals surface area contributed by atoms with Crippen LogP contribution in [0.2, 0.25) is 5.15 Å². The minimum atomic E-state index is -4.63. The molecule has 0 bridgehead atoms. The molecule has 0 saturated heterocycles. The summed E-state index contributed by atoms with van der Waals surface area (Å²) in [6.07, 6.45) is -3.84. The van der Waals surface area contributed by atoms with E-state index in [2.05, 4.69) is 10.3 Å². The number of hydrogen-bond donors (Lipinski definition) is 1. The maximum absolute atomic E-state index is 13.0. The van der Waals surface area contributed by atoms with Gasteiger partial charge in [-0.05, 0) is 18.2 Å². The van der Waals surface area contributed by atoms with Crippen LogP contribution in [0.1, 0.15) is 15.9 Å². The smallest absolute Gasteiger partial charge is 0.321 e. The van der Waals surface area contributed by atoms with E-state index in [-0.39, 0.29) is 10.7 Å². The van der Waals surface area contributed by atoms with E-state index in [1.165, 1.54) is 12.1 Å². The van der Waals surface area contributed by atoms with Gasteiger partial charge in [-0.15, -0.1) is 0 Å². The van der Waals surface area contributed by atoms with Gasteiger partial charge in [0, 0.05) is 0 Å². The number of nitrogens with zero attached hydrogens (tertiary/aromatic N) is 1. The van der Waals surface area contributed by atoms with E-state index in [9.17, 15) is 22.4 Å². The molecule has 1 aromatic carbocycles. The zero-order valence-electron chi connectivity index (χ0n) is 10.2. The van der Waals surface area contributed by atoms with Crippen LogP contribution in [0.3, 0.4) is 0 Å². The van der Waals surface area contributed by atoms with E-state index in [0.29, 0.717) is 0 Å². The number of carbonyl (C=O) groups is 1. The fraction of sp³-hybridized carbons (Fsp3) is 0.0769. The predicted octanol–water partition coefficient (Wildman–Crippen LogP) is 4.15. The van der Waals surface area contributed by atoms with Crippen LogP contribution >= 0.6 is 11.6 Å². The van der Waals surface area contributed by atoms with E-state index in [1.54, 1.807) is 0 Å². The largest absolute Gasteiger partial charge is 0.418 e. The maximum Gasteiger partial charge on any atom is 0.418 e. The zero-order chi connectivity index (χ0) is 15.6. The first kappa shape index (κ1) is 15.2. The van der Waals surface area contributed by atoms with E-state index in [1.807, 2.05) is 0 Å². The molecule has 1 N–H and O–H groups in total. The van der Waals surface area contributed by atoms with Crippen LogP contribution in [0.15, 0.2) is 36.5 Å². The van der Waals surface area contributed by atoms with E-state index in [4.69, 9.17) is 11.6 Å². The molecule has 0 saturated carbocycles. The fourth-order valence-corrected chi connectivity index (χ4v) is 1.80. The molecule has 1 amide bonds. The van der Waals surface area contributed by atoms with Crippen LogP contribution in [0.4, 0.5) is 23.2 Å². The molecule has 110 valence electrons. The third kappa shape index (κ3) is 3.49. The van der Waals surface area contributed by atoms with Crippen LogP contribution in [-0.2, 0) is 6.18 Å². The van der Waals surface area contributed by atoms with Crippen LogP contribution in [0.25, 0.3) is 0 Å². The topological polar surface area (TPSA) is 42.0 Å². The third-order valence-electron chi connectivity index (χ3n) is 2.53. The Morgan fingerprint density at radius 1 is 1.24 bits per heavy atom. The molecule has 1 heterocycles. The maximum atomic E-state index is 13.0. The van der Waals surface area contributed by atoms with Gasteiger partial charge in [-0.3, -0.25) is 4.79 Å². The Morgan fingerprint density at radius 2 is 1.90 bits per heavy atom. The van der Waals surface area contributed by atoms with Crippen molar-refractivity contribution in [2.75, 3.05) is 5.32 Å². The Bertz CT molecular complexity index is 688. The summed E-state index contributed by atoms with van der Waals surface area (Å²) in [5, 5.41) is 1.74. The molecule has 0 spiro atoms.